The zero-order chi connectivity index (χ0) is 15.9. The fourth-order valence-electron chi connectivity index (χ4n) is 2.41. The van der Waals surface area contributed by atoms with Crippen LogP contribution in [0, 0.1) is 11.3 Å². The summed E-state index contributed by atoms with van der Waals surface area (Å²) in [5, 5.41) is 18.4. The lowest BCUT2D eigenvalue weighted by atomic mass is 9.95. The number of likely N-dealkylation sites (N-methyl/N-ethyl adjacent to an activating group) is 1. The van der Waals surface area contributed by atoms with Gasteiger partial charge in [-0.15, -0.1) is 0 Å². The first-order valence-corrected chi connectivity index (χ1v) is 7.21. The lowest BCUT2D eigenvalue weighted by Crippen LogP contribution is -2.33. The van der Waals surface area contributed by atoms with E-state index in [9.17, 15) is 10.1 Å². The van der Waals surface area contributed by atoms with Gasteiger partial charge in [-0.05, 0) is 24.6 Å². The number of carbonyl (C=O) groups excluding carboxylic acids is 1. The van der Waals surface area contributed by atoms with Crippen molar-refractivity contribution in [2.75, 3.05) is 19.7 Å². The average molecular weight is 294 g/mol. The topological polar surface area (TPSA) is 64.3 Å². The van der Waals surface area contributed by atoms with Gasteiger partial charge in [0.15, 0.2) is 0 Å². The van der Waals surface area contributed by atoms with Crippen LogP contribution in [0.1, 0.15) is 22.8 Å². The Balaban J connectivity index is 2.52. The molecule has 0 aliphatic heterocycles. The van der Waals surface area contributed by atoms with Gasteiger partial charge in [-0.1, -0.05) is 36.4 Å². The number of nitrogens with zero attached hydrogens (tertiary/aromatic N) is 2. The van der Waals surface area contributed by atoms with E-state index in [0.29, 0.717) is 24.2 Å². The highest BCUT2D eigenvalue weighted by Gasteiger charge is 2.18. The second kappa shape index (κ2) is 7.39. The third-order valence-electron chi connectivity index (χ3n) is 3.53. The van der Waals surface area contributed by atoms with Crippen molar-refractivity contribution in [3.05, 3.63) is 59.7 Å². The van der Waals surface area contributed by atoms with Crippen LogP contribution in [0.3, 0.4) is 0 Å². The Morgan fingerprint density at radius 2 is 1.77 bits per heavy atom. The van der Waals surface area contributed by atoms with Crippen molar-refractivity contribution in [3.63, 3.8) is 0 Å². The minimum Gasteiger partial charge on any atom is -0.395 e. The van der Waals surface area contributed by atoms with Crippen LogP contribution < -0.4 is 0 Å². The molecule has 0 aromatic heterocycles. The zero-order valence-electron chi connectivity index (χ0n) is 12.5. The van der Waals surface area contributed by atoms with Crippen molar-refractivity contribution in [3.8, 4) is 17.2 Å². The van der Waals surface area contributed by atoms with Gasteiger partial charge in [0.2, 0.25) is 0 Å². The number of hydrogen-bond acceptors (Lipinski definition) is 3. The molecule has 4 heteroatoms. The summed E-state index contributed by atoms with van der Waals surface area (Å²) in [6.07, 6.45) is 0. The number of aliphatic hydroxyl groups excluding tert-OH is 1. The van der Waals surface area contributed by atoms with Gasteiger partial charge in [-0.2, -0.15) is 5.26 Å². The standard InChI is InChI=1S/C18H18N2O2/c1-2-20(11-12-21)18(22)17-10-6-5-9-16(17)15-8-4-3-7-14(15)13-19/h3-10,21H,2,11-12H2,1H3. The van der Waals surface area contributed by atoms with E-state index in [0.717, 1.165) is 11.1 Å². The molecule has 2 aromatic rings. The maximum Gasteiger partial charge on any atom is 0.254 e. The first kappa shape index (κ1) is 15.7. The van der Waals surface area contributed by atoms with E-state index in [1.807, 2.05) is 31.2 Å². The predicted octanol–water partition coefficient (Wildman–Crippen LogP) is 2.68. The third-order valence-corrected chi connectivity index (χ3v) is 3.53. The van der Waals surface area contributed by atoms with E-state index >= 15 is 0 Å². The van der Waals surface area contributed by atoms with Gasteiger partial charge in [0.05, 0.1) is 18.2 Å². The Morgan fingerprint density at radius 3 is 2.41 bits per heavy atom. The molecule has 1 amide bonds. The van der Waals surface area contributed by atoms with Crippen LogP contribution in [-0.2, 0) is 0 Å². The molecule has 0 aliphatic rings. The third kappa shape index (κ3) is 3.16. The molecule has 0 radical (unpaired) electrons. The van der Waals surface area contributed by atoms with Crippen molar-refractivity contribution in [2.24, 2.45) is 0 Å². The molecule has 0 spiro atoms. The van der Waals surface area contributed by atoms with E-state index in [2.05, 4.69) is 6.07 Å². The van der Waals surface area contributed by atoms with Gasteiger partial charge < -0.3 is 10.0 Å². The van der Waals surface area contributed by atoms with Crippen molar-refractivity contribution in [2.45, 2.75) is 6.92 Å². The summed E-state index contributed by atoms with van der Waals surface area (Å²) in [5.74, 6) is -0.139. The van der Waals surface area contributed by atoms with Crippen molar-refractivity contribution < 1.29 is 9.90 Å². The van der Waals surface area contributed by atoms with Crippen molar-refractivity contribution >= 4 is 5.91 Å². The average Bonchev–Trinajstić information content (AvgIpc) is 2.59. The van der Waals surface area contributed by atoms with Crippen LogP contribution in [0.5, 0.6) is 0 Å². The van der Waals surface area contributed by atoms with Crippen molar-refractivity contribution in [1.29, 1.82) is 5.26 Å². The summed E-state index contributed by atoms with van der Waals surface area (Å²) in [6, 6.07) is 16.6. The summed E-state index contributed by atoms with van der Waals surface area (Å²) in [6.45, 7) is 2.62. The second-order valence-electron chi connectivity index (χ2n) is 4.81. The van der Waals surface area contributed by atoms with Gasteiger partial charge in [0.25, 0.3) is 5.91 Å². The number of benzene rings is 2. The van der Waals surface area contributed by atoms with E-state index in [4.69, 9.17) is 5.11 Å². The highest BCUT2D eigenvalue weighted by Crippen LogP contribution is 2.27. The Hall–Kier alpha value is -2.64. The fraction of sp³-hybridized carbons (Fsp3) is 0.222. The number of rotatable bonds is 5. The largest absolute Gasteiger partial charge is 0.395 e. The number of hydrogen-bond donors (Lipinski definition) is 1. The first-order valence-electron chi connectivity index (χ1n) is 7.21. The minimum atomic E-state index is -0.139. The molecule has 0 atom stereocenters. The molecule has 2 aromatic carbocycles. The van der Waals surface area contributed by atoms with Gasteiger partial charge in [-0.25, -0.2) is 0 Å². The van der Waals surface area contributed by atoms with E-state index in [1.54, 1.807) is 29.2 Å². The molecule has 0 unspecified atom stereocenters. The molecule has 0 saturated carbocycles. The monoisotopic (exact) mass is 294 g/mol. The predicted molar refractivity (Wildman–Crippen MR) is 85.3 cm³/mol. The maximum atomic E-state index is 12.7. The van der Waals surface area contributed by atoms with Crippen LogP contribution in [-0.4, -0.2) is 35.6 Å². The Bertz CT molecular complexity index is 704. The van der Waals surface area contributed by atoms with Gasteiger partial charge in [0, 0.05) is 24.2 Å². The Morgan fingerprint density at radius 1 is 1.14 bits per heavy atom. The van der Waals surface area contributed by atoms with E-state index in [1.165, 1.54) is 0 Å². The molecule has 0 bridgehead atoms. The zero-order valence-corrected chi connectivity index (χ0v) is 12.5. The van der Waals surface area contributed by atoms with Gasteiger partial charge in [-0.3, -0.25) is 4.79 Å². The Kier molecular flexibility index (Phi) is 5.29. The van der Waals surface area contributed by atoms with Crippen LogP contribution in [0.2, 0.25) is 0 Å². The van der Waals surface area contributed by atoms with Crippen LogP contribution in [0.15, 0.2) is 48.5 Å². The smallest absolute Gasteiger partial charge is 0.254 e. The fourth-order valence-corrected chi connectivity index (χ4v) is 2.41. The van der Waals surface area contributed by atoms with E-state index in [-0.39, 0.29) is 12.5 Å². The SMILES string of the molecule is CCN(CCO)C(=O)c1ccccc1-c1ccccc1C#N. The summed E-state index contributed by atoms with van der Waals surface area (Å²) in [7, 11) is 0. The van der Waals surface area contributed by atoms with E-state index < -0.39 is 0 Å². The highest BCUT2D eigenvalue weighted by atomic mass is 16.3. The molecule has 1 N–H and O–H groups in total. The molecular weight excluding hydrogens is 276 g/mol. The normalized spacial score (nSPS) is 10.0. The lowest BCUT2D eigenvalue weighted by molar-refractivity contribution is 0.0733. The van der Waals surface area contributed by atoms with Gasteiger partial charge in [0.1, 0.15) is 0 Å². The van der Waals surface area contributed by atoms with Crippen molar-refractivity contribution in [1.82, 2.24) is 4.90 Å². The molecule has 4 nitrogen and oxygen atoms in total. The first-order chi connectivity index (χ1) is 10.7. The number of nitriles is 1. The maximum absolute atomic E-state index is 12.7. The molecule has 112 valence electrons. The lowest BCUT2D eigenvalue weighted by Gasteiger charge is -2.21. The second-order valence-corrected chi connectivity index (χ2v) is 4.81. The Labute approximate surface area is 130 Å². The molecule has 0 heterocycles. The minimum absolute atomic E-state index is 0.0729. The summed E-state index contributed by atoms with van der Waals surface area (Å²) < 4.78 is 0. The molecule has 0 aliphatic carbocycles. The van der Waals surface area contributed by atoms with Crippen LogP contribution in [0.25, 0.3) is 11.1 Å². The van der Waals surface area contributed by atoms with Crippen LogP contribution in [0.4, 0.5) is 0 Å². The summed E-state index contributed by atoms with van der Waals surface area (Å²) in [4.78, 5) is 14.3. The van der Waals surface area contributed by atoms with Crippen LogP contribution >= 0.6 is 0 Å². The number of carbonyl (C=O) groups is 1. The quantitative estimate of drug-likeness (QED) is 0.922. The molecule has 0 saturated heterocycles. The molecular formula is C18H18N2O2. The molecule has 22 heavy (non-hydrogen) atoms. The summed E-state index contributed by atoms with van der Waals surface area (Å²) in [5.41, 5.74) is 2.56. The van der Waals surface area contributed by atoms with Gasteiger partial charge >= 0.3 is 0 Å². The number of aliphatic hydroxyl groups is 1. The molecule has 0 fully saturated rings. The highest BCUT2D eigenvalue weighted by molar-refractivity contribution is 6.01. The molecule has 2 rings (SSSR count). The number of amides is 1. The summed E-state index contributed by atoms with van der Waals surface area (Å²) >= 11 is 0.